The Balaban J connectivity index is 0.000000967. The van der Waals surface area contributed by atoms with Crippen LogP contribution in [0, 0.1) is 31.1 Å². The lowest BCUT2D eigenvalue weighted by Crippen LogP contribution is -2.27. The third-order valence-corrected chi connectivity index (χ3v) is 6.43. The number of anilines is 2. The Morgan fingerprint density at radius 2 is 2.00 bits per heavy atom. The highest BCUT2D eigenvalue weighted by Crippen LogP contribution is 2.46. The molecule has 0 unspecified atom stereocenters. The number of terminal acetylenes is 1. The molecule has 0 saturated heterocycles. The van der Waals surface area contributed by atoms with Crippen LogP contribution in [-0.4, -0.2) is 38.4 Å². The van der Waals surface area contributed by atoms with Gasteiger partial charge in [0.2, 0.25) is 0 Å². The molecule has 0 atom stereocenters. The first-order valence-electron chi connectivity index (χ1n) is 11.9. The number of hydrogen-bond donors (Lipinski definition) is 1. The first-order valence-corrected chi connectivity index (χ1v) is 11.9. The fourth-order valence-electron chi connectivity index (χ4n) is 4.23. The number of ether oxygens (including phenoxy) is 1. The number of carbonyl (C=O) groups excluding carboxylic acids is 1. The molecular weight excluding hydrogens is 456 g/mol. The Morgan fingerprint density at radius 3 is 2.58 bits per heavy atom. The molecule has 2 heterocycles. The number of aryl methyl sites for hydroxylation is 2. The second-order valence-corrected chi connectivity index (χ2v) is 8.90. The summed E-state index contributed by atoms with van der Waals surface area (Å²) in [5.41, 5.74) is 5.15. The van der Waals surface area contributed by atoms with Gasteiger partial charge in [-0.15, -0.1) is 11.5 Å². The standard InChI is InChI=1S/C27H26N4O2.CH2O2/c1-5-8-25(32)31(23-15-17(3)18(6-2)16-21(23)19-11-12-19)24-14-13-22-26(28-24)27(29-30(22)4)33-20-9-7-10-20;2-1-3/h2,13-16,19-20H,7,9-12H2,1,3-4H3;1H,(H,2,3). The summed E-state index contributed by atoms with van der Waals surface area (Å²) in [7, 11) is 1.87. The van der Waals surface area contributed by atoms with Crippen LogP contribution in [-0.2, 0) is 16.6 Å². The number of benzene rings is 1. The maximum Gasteiger partial charge on any atom is 0.308 e. The molecule has 2 aliphatic carbocycles. The van der Waals surface area contributed by atoms with E-state index in [0.29, 0.717) is 23.1 Å². The fourth-order valence-corrected chi connectivity index (χ4v) is 4.23. The van der Waals surface area contributed by atoms with Crippen LogP contribution < -0.4 is 9.64 Å². The van der Waals surface area contributed by atoms with E-state index in [2.05, 4.69) is 22.9 Å². The first kappa shape index (κ1) is 24.8. The van der Waals surface area contributed by atoms with Gasteiger partial charge in [0.05, 0.1) is 11.2 Å². The number of amides is 1. The monoisotopic (exact) mass is 484 g/mol. The lowest BCUT2D eigenvalue weighted by atomic mass is 9.96. The first-order chi connectivity index (χ1) is 17.4. The molecule has 184 valence electrons. The molecule has 2 aliphatic rings. The maximum absolute atomic E-state index is 13.3. The van der Waals surface area contributed by atoms with Gasteiger partial charge in [0.15, 0.2) is 5.52 Å². The number of pyridine rings is 1. The second kappa shape index (κ2) is 10.5. The normalized spacial score (nSPS) is 14.4. The number of hydrogen-bond acceptors (Lipinski definition) is 5. The molecule has 2 saturated carbocycles. The van der Waals surface area contributed by atoms with Crippen LogP contribution in [0.3, 0.4) is 0 Å². The van der Waals surface area contributed by atoms with Crippen molar-refractivity contribution in [3.63, 3.8) is 0 Å². The van der Waals surface area contributed by atoms with Gasteiger partial charge in [-0.2, -0.15) is 0 Å². The van der Waals surface area contributed by atoms with Crippen molar-refractivity contribution < 1.29 is 19.4 Å². The molecule has 1 N–H and O–H groups in total. The molecule has 8 heteroatoms. The van der Waals surface area contributed by atoms with Gasteiger partial charge in [-0.25, -0.2) is 4.98 Å². The van der Waals surface area contributed by atoms with Crippen LogP contribution in [0.5, 0.6) is 5.88 Å². The van der Waals surface area contributed by atoms with Gasteiger partial charge in [0.1, 0.15) is 11.9 Å². The van der Waals surface area contributed by atoms with Crippen molar-refractivity contribution in [3.8, 4) is 30.1 Å². The predicted molar refractivity (Wildman–Crippen MR) is 137 cm³/mol. The van der Waals surface area contributed by atoms with Crippen molar-refractivity contribution in [3.05, 3.63) is 41.0 Å². The third-order valence-electron chi connectivity index (χ3n) is 6.43. The lowest BCUT2D eigenvalue weighted by Gasteiger charge is -2.25. The average Bonchev–Trinajstić information content (AvgIpc) is 3.62. The molecule has 0 radical (unpaired) electrons. The van der Waals surface area contributed by atoms with Crippen molar-refractivity contribution in [1.82, 2.24) is 14.8 Å². The largest absolute Gasteiger partial charge is 0.483 e. The second-order valence-electron chi connectivity index (χ2n) is 8.90. The summed E-state index contributed by atoms with van der Waals surface area (Å²) in [6.45, 7) is 3.37. The summed E-state index contributed by atoms with van der Waals surface area (Å²) in [5, 5.41) is 11.4. The van der Waals surface area contributed by atoms with E-state index in [1.54, 1.807) is 16.5 Å². The number of rotatable bonds is 5. The Morgan fingerprint density at radius 1 is 1.28 bits per heavy atom. The van der Waals surface area contributed by atoms with E-state index >= 15 is 0 Å². The van der Waals surface area contributed by atoms with Crippen molar-refractivity contribution in [2.45, 2.75) is 58.0 Å². The minimum atomic E-state index is -0.329. The van der Waals surface area contributed by atoms with E-state index < -0.39 is 0 Å². The van der Waals surface area contributed by atoms with E-state index in [9.17, 15) is 4.79 Å². The van der Waals surface area contributed by atoms with Gasteiger partial charge >= 0.3 is 5.91 Å². The van der Waals surface area contributed by atoms with Crippen LogP contribution in [0.15, 0.2) is 24.3 Å². The zero-order valence-electron chi connectivity index (χ0n) is 20.6. The Bertz CT molecular complexity index is 1420. The number of carboxylic acid groups (broad SMARTS) is 1. The van der Waals surface area contributed by atoms with Gasteiger partial charge in [-0.3, -0.25) is 19.2 Å². The molecule has 1 amide bonds. The molecule has 2 fully saturated rings. The molecule has 8 nitrogen and oxygen atoms in total. The van der Waals surface area contributed by atoms with Crippen LogP contribution in [0.1, 0.15) is 61.6 Å². The zero-order chi connectivity index (χ0) is 25.8. The van der Waals surface area contributed by atoms with E-state index in [1.165, 1.54) is 6.42 Å². The van der Waals surface area contributed by atoms with E-state index in [1.807, 2.05) is 38.2 Å². The Kier molecular flexibility index (Phi) is 7.26. The Labute approximate surface area is 210 Å². The van der Waals surface area contributed by atoms with Crippen LogP contribution >= 0.6 is 0 Å². The topological polar surface area (TPSA) is 97.6 Å². The molecule has 2 aromatic heterocycles. The highest BCUT2D eigenvalue weighted by molar-refractivity contribution is 6.11. The van der Waals surface area contributed by atoms with Gasteiger partial charge in [0.25, 0.3) is 12.4 Å². The average molecular weight is 485 g/mol. The molecular formula is C28H28N4O4. The number of nitrogens with zero attached hydrogens (tertiary/aromatic N) is 4. The van der Waals surface area contributed by atoms with Crippen molar-refractivity contribution in [2.24, 2.45) is 7.05 Å². The van der Waals surface area contributed by atoms with Gasteiger partial charge in [-0.05, 0) is 93.2 Å². The molecule has 1 aromatic carbocycles. The van der Waals surface area contributed by atoms with E-state index in [-0.39, 0.29) is 18.5 Å². The highest BCUT2D eigenvalue weighted by Gasteiger charge is 2.32. The summed E-state index contributed by atoms with van der Waals surface area (Å²) in [5.74, 6) is 9.27. The molecule has 36 heavy (non-hydrogen) atoms. The smallest absolute Gasteiger partial charge is 0.308 e. The number of aromatic nitrogens is 3. The molecule has 0 spiro atoms. The summed E-state index contributed by atoms with van der Waals surface area (Å²) in [4.78, 5) is 28.1. The summed E-state index contributed by atoms with van der Waals surface area (Å²) in [6, 6.07) is 7.79. The van der Waals surface area contributed by atoms with E-state index in [4.69, 9.17) is 26.0 Å². The third kappa shape index (κ3) is 4.89. The van der Waals surface area contributed by atoms with Crippen molar-refractivity contribution in [1.29, 1.82) is 0 Å². The lowest BCUT2D eigenvalue weighted by molar-refractivity contribution is -0.122. The summed E-state index contributed by atoms with van der Waals surface area (Å²) < 4.78 is 7.87. The molecule has 0 aliphatic heterocycles. The fraction of sp³-hybridized carbons (Fsp3) is 0.357. The number of fused-ring (bicyclic) bond motifs is 1. The minimum absolute atomic E-state index is 0.178. The maximum atomic E-state index is 13.3. The molecule has 0 bridgehead atoms. The minimum Gasteiger partial charge on any atom is -0.483 e. The quantitative estimate of drug-likeness (QED) is 0.424. The number of carbonyl (C=O) groups is 2. The highest BCUT2D eigenvalue weighted by atomic mass is 16.5. The molecule has 3 aromatic rings. The van der Waals surface area contributed by atoms with Crippen LogP contribution in [0.2, 0.25) is 0 Å². The van der Waals surface area contributed by atoms with E-state index in [0.717, 1.165) is 53.6 Å². The summed E-state index contributed by atoms with van der Waals surface area (Å²) in [6.07, 6.45) is 11.3. The van der Waals surface area contributed by atoms with Crippen molar-refractivity contribution >= 4 is 34.9 Å². The van der Waals surface area contributed by atoms with Crippen molar-refractivity contribution in [2.75, 3.05) is 4.90 Å². The zero-order valence-corrected chi connectivity index (χ0v) is 20.6. The Hall–Kier alpha value is -4.30. The van der Waals surface area contributed by atoms with Crippen LogP contribution in [0.25, 0.3) is 11.0 Å². The predicted octanol–water partition coefficient (Wildman–Crippen LogP) is 4.46. The van der Waals surface area contributed by atoms with Crippen LogP contribution in [0.4, 0.5) is 11.5 Å². The summed E-state index contributed by atoms with van der Waals surface area (Å²) >= 11 is 0. The van der Waals surface area contributed by atoms with Gasteiger partial charge in [0, 0.05) is 12.6 Å². The van der Waals surface area contributed by atoms with Gasteiger partial charge < -0.3 is 9.84 Å². The molecule has 5 rings (SSSR count). The SMILES string of the molecule is C#Cc1cc(C2CC2)c(N(C(=O)C#CC)c2ccc3c(n2)c(OC2CCC2)nn3C)cc1C.O=CO. The van der Waals surface area contributed by atoms with Gasteiger partial charge in [-0.1, -0.05) is 11.8 Å².